The molecule has 0 saturated heterocycles. The van der Waals surface area contributed by atoms with Crippen LogP contribution in [0.15, 0.2) is 122 Å². The van der Waals surface area contributed by atoms with Gasteiger partial charge in [0.25, 0.3) is 11.8 Å². The highest BCUT2D eigenvalue weighted by Crippen LogP contribution is 2.60. The van der Waals surface area contributed by atoms with Crippen LogP contribution in [0.25, 0.3) is 11.1 Å². The maximum Gasteiger partial charge on any atom is 0.471 e. The van der Waals surface area contributed by atoms with Crippen LogP contribution in [0.2, 0.25) is 10.0 Å². The summed E-state index contributed by atoms with van der Waals surface area (Å²) in [5, 5.41) is 17.1. The van der Waals surface area contributed by atoms with E-state index in [4.69, 9.17) is 38.9 Å². The monoisotopic (exact) mass is 1120 g/mol. The number of allylic oxidation sites excluding steroid dienone is 2. The van der Waals surface area contributed by atoms with Gasteiger partial charge in [-0.3, -0.25) is 14.4 Å². The van der Waals surface area contributed by atoms with Crippen LogP contribution in [-0.4, -0.2) is 66.0 Å². The van der Waals surface area contributed by atoms with E-state index in [1.807, 2.05) is 12.1 Å². The Morgan fingerprint density at radius 2 is 0.950 bits per heavy atom. The van der Waals surface area contributed by atoms with E-state index in [1.54, 1.807) is 42.0 Å². The van der Waals surface area contributed by atoms with Crippen molar-refractivity contribution in [2.45, 2.75) is 118 Å². The van der Waals surface area contributed by atoms with Crippen LogP contribution in [0.5, 0.6) is 0 Å². The summed E-state index contributed by atoms with van der Waals surface area (Å²) in [5.41, 5.74) is 14.8. The van der Waals surface area contributed by atoms with E-state index < -0.39 is 17.6 Å². The molecule has 0 radical (unpaired) electrons. The second kappa shape index (κ2) is 19.8. The Hall–Kier alpha value is -7.30. The SMILES string of the molecule is Nc1ccc(C(=O)NC23CC4CC(C2)CC(Nc2ncc(Cl)c(C5=CCc6ccccc65)n2)(C4)C3)cc1.O=C(NC12CC3CC(C1)CC(Nc1ncc(Cl)c(C4=CCc5ccccc54)n1)(C3)C2)c1ccc(NC(=O)C(F)(F)F)cc1. The third-order valence-corrected chi connectivity index (χ3v) is 18.7. The summed E-state index contributed by atoms with van der Waals surface area (Å²) >= 11 is 13.2. The molecule has 0 spiro atoms. The van der Waals surface area contributed by atoms with Crippen molar-refractivity contribution in [2.75, 3.05) is 21.7 Å². The molecule has 8 fully saturated rings. The summed E-state index contributed by atoms with van der Waals surface area (Å²) in [6.07, 6.45) is 16.3. The Morgan fingerprint density at radius 3 is 1.38 bits per heavy atom. The fraction of sp³-hybridized carbons (Fsp3) is 0.371. The van der Waals surface area contributed by atoms with Gasteiger partial charge in [-0.15, -0.1) is 0 Å². The maximum atomic E-state index is 13.4. The van der Waals surface area contributed by atoms with Crippen molar-refractivity contribution in [2.24, 2.45) is 23.7 Å². The summed E-state index contributed by atoms with van der Waals surface area (Å²) < 4.78 is 37.8. The first-order chi connectivity index (χ1) is 38.4. The lowest BCUT2D eigenvalue weighted by molar-refractivity contribution is -0.167. The van der Waals surface area contributed by atoms with Crippen LogP contribution in [-0.2, 0) is 17.6 Å². The summed E-state index contributed by atoms with van der Waals surface area (Å²) in [5.74, 6) is 0.800. The number of hydrogen-bond donors (Lipinski definition) is 6. The van der Waals surface area contributed by atoms with Crippen molar-refractivity contribution >= 4 is 75.3 Å². The van der Waals surface area contributed by atoms with E-state index >= 15 is 0 Å². The average Bonchev–Trinajstić information content (AvgIpc) is 4.09. The normalized spacial score (nSPS) is 27.9. The zero-order valence-corrected chi connectivity index (χ0v) is 45.2. The van der Waals surface area contributed by atoms with Gasteiger partial charge in [0.2, 0.25) is 11.9 Å². The first-order valence-electron chi connectivity index (χ1n) is 27.6. The molecule has 10 aliphatic carbocycles. The molecule has 3 amide bonds. The molecule has 10 aliphatic rings. The molecule has 18 heteroatoms. The predicted octanol–water partition coefficient (Wildman–Crippen LogP) is 12.2. The number of rotatable bonds is 11. The van der Waals surface area contributed by atoms with Crippen LogP contribution in [0, 0.1) is 23.7 Å². The smallest absolute Gasteiger partial charge is 0.399 e. The number of carbonyl (C=O) groups is 3. The Morgan fingerprint density at radius 1 is 0.550 bits per heavy atom. The van der Waals surface area contributed by atoms with Gasteiger partial charge in [-0.05, 0) is 184 Å². The van der Waals surface area contributed by atoms with E-state index in [0.717, 1.165) is 99.5 Å². The molecule has 8 bridgehead atoms. The molecule has 410 valence electrons. The highest BCUT2D eigenvalue weighted by atomic mass is 35.5. The van der Waals surface area contributed by atoms with Gasteiger partial charge in [-0.2, -0.15) is 13.2 Å². The van der Waals surface area contributed by atoms with Gasteiger partial charge in [-0.1, -0.05) is 83.9 Å². The van der Waals surface area contributed by atoms with E-state index in [0.29, 0.717) is 74.5 Å². The van der Waals surface area contributed by atoms with Crippen molar-refractivity contribution < 1.29 is 27.6 Å². The van der Waals surface area contributed by atoms with E-state index in [-0.39, 0.29) is 34.1 Å². The number of benzene rings is 4. The number of hydrogen-bond acceptors (Lipinski definition) is 10. The van der Waals surface area contributed by atoms with Crippen LogP contribution >= 0.6 is 23.2 Å². The zero-order chi connectivity index (χ0) is 55.2. The third-order valence-electron chi connectivity index (χ3n) is 18.1. The van der Waals surface area contributed by atoms with Crippen molar-refractivity contribution in [3.63, 3.8) is 0 Å². The van der Waals surface area contributed by atoms with Crippen molar-refractivity contribution in [1.82, 2.24) is 30.6 Å². The second-order valence-corrected chi connectivity index (χ2v) is 24.9. The van der Waals surface area contributed by atoms with Gasteiger partial charge >= 0.3 is 12.1 Å². The molecule has 0 aliphatic heterocycles. The van der Waals surface area contributed by atoms with Crippen LogP contribution in [0.4, 0.5) is 36.4 Å². The number of halogens is 5. The zero-order valence-electron chi connectivity index (χ0n) is 43.7. The number of nitrogens with one attached hydrogen (secondary N) is 5. The molecule has 2 aromatic heterocycles. The van der Waals surface area contributed by atoms with E-state index in [2.05, 4.69) is 79.8 Å². The van der Waals surface area contributed by atoms with E-state index in [1.165, 1.54) is 47.4 Å². The Labute approximate surface area is 471 Å². The number of fused-ring (bicyclic) bond motifs is 2. The number of carbonyl (C=O) groups excluding carboxylic acids is 3. The second-order valence-electron chi connectivity index (χ2n) is 24.1. The van der Waals surface area contributed by atoms with Gasteiger partial charge in [0.05, 0.1) is 33.8 Å². The highest BCUT2D eigenvalue weighted by molar-refractivity contribution is 6.32. The van der Waals surface area contributed by atoms with Crippen molar-refractivity contribution in [3.8, 4) is 0 Å². The van der Waals surface area contributed by atoms with Crippen molar-refractivity contribution in [3.05, 3.63) is 176 Å². The number of nitrogens with zero attached hydrogens (tertiary/aromatic N) is 4. The lowest BCUT2D eigenvalue weighted by Gasteiger charge is -2.62. The number of amides is 3. The molecule has 16 rings (SSSR count). The number of alkyl halides is 3. The molecule has 4 unspecified atom stereocenters. The lowest BCUT2D eigenvalue weighted by atomic mass is 9.50. The molecule has 4 atom stereocenters. The minimum Gasteiger partial charge on any atom is -0.399 e. The van der Waals surface area contributed by atoms with Crippen LogP contribution in [0.3, 0.4) is 0 Å². The number of nitrogens with two attached hydrogens (primary N) is 1. The Kier molecular flexibility index (Phi) is 12.9. The van der Waals surface area contributed by atoms with Crippen molar-refractivity contribution in [1.29, 1.82) is 0 Å². The van der Waals surface area contributed by atoms with Gasteiger partial charge in [0.15, 0.2) is 0 Å². The predicted molar refractivity (Wildman–Crippen MR) is 303 cm³/mol. The fourth-order valence-electron chi connectivity index (χ4n) is 16.0. The molecule has 4 aromatic carbocycles. The topological polar surface area (TPSA) is 189 Å². The Balaban J connectivity index is 0.000000153. The van der Waals surface area contributed by atoms with Gasteiger partial charge in [-0.25, -0.2) is 19.9 Å². The minimum atomic E-state index is -4.99. The molecule has 80 heavy (non-hydrogen) atoms. The lowest BCUT2D eigenvalue weighted by Crippen LogP contribution is -2.67. The Bertz CT molecular complexity index is 3520. The van der Waals surface area contributed by atoms with E-state index in [9.17, 15) is 27.6 Å². The first-order valence-corrected chi connectivity index (χ1v) is 28.3. The molecule has 7 N–H and O–H groups in total. The maximum absolute atomic E-state index is 13.4. The molecule has 8 saturated carbocycles. The van der Waals surface area contributed by atoms with Gasteiger partial charge in [0, 0.05) is 55.8 Å². The summed E-state index contributed by atoms with van der Waals surface area (Å²) in [4.78, 5) is 56.8. The summed E-state index contributed by atoms with van der Waals surface area (Å²) in [6, 6.07) is 29.3. The number of nitrogen functional groups attached to an aromatic ring is 1. The number of anilines is 4. The molecule has 13 nitrogen and oxygen atoms in total. The quantitative estimate of drug-likeness (QED) is 0.0681. The molecular formula is C62H59Cl2F3N10O3. The standard InChI is InChI=1S/C32H29ClF3N5O2.C30H30ClN5O/c33-25-16-37-29(39-26(25)24-10-7-20-3-1-2-4-23(20)24)41-31-14-18-11-19(15-31)13-30(12-18,17-31)40-27(42)21-5-8-22(9-6-21)38-28(43)32(34,35)36;31-25-16-33-28(34-26(25)24-10-7-20-3-1-2-4-23(20)24)36-30-14-18-11-19(15-30)13-29(12-18,17-30)35-27(37)21-5-8-22(32)9-6-21/h1-6,8-10,16,18-19H,7,11-15,17H2,(H,38,43)(H,40,42)(H,37,39,41);1-6,8-10,16,18-19H,7,11-15,17,32H2,(H,35,37)(H,33,34,36). The summed E-state index contributed by atoms with van der Waals surface area (Å²) in [6.45, 7) is 0. The van der Waals surface area contributed by atoms with Gasteiger partial charge < -0.3 is 32.3 Å². The highest BCUT2D eigenvalue weighted by Gasteiger charge is 2.60. The van der Waals surface area contributed by atoms with Crippen LogP contribution < -0.4 is 32.3 Å². The molecule has 2 heterocycles. The fourth-order valence-corrected chi connectivity index (χ4v) is 16.4. The first kappa shape index (κ1) is 52.1. The molecular weight excluding hydrogens is 1060 g/mol. The largest absolute Gasteiger partial charge is 0.471 e. The number of aromatic nitrogens is 4. The van der Waals surface area contributed by atoms with Crippen LogP contribution in [0.1, 0.15) is 131 Å². The third kappa shape index (κ3) is 10.1. The molecule has 6 aromatic rings. The average molecular weight is 1120 g/mol. The minimum absolute atomic E-state index is 0.0195. The summed E-state index contributed by atoms with van der Waals surface area (Å²) in [7, 11) is 0. The van der Waals surface area contributed by atoms with Gasteiger partial charge in [0.1, 0.15) is 0 Å².